The summed E-state index contributed by atoms with van der Waals surface area (Å²) in [5.41, 5.74) is 3.48. The van der Waals surface area contributed by atoms with Crippen LogP contribution in [0.15, 0.2) is 47.5 Å². The summed E-state index contributed by atoms with van der Waals surface area (Å²) >= 11 is 0. The van der Waals surface area contributed by atoms with Crippen molar-refractivity contribution in [1.82, 2.24) is 0 Å². The lowest BCUT2D eigenvalue weighted by Crippen LogP contribution is -2.90. The first-order chi connectivity index (χ1) is 29.7. The van der Waals surface area contributed by atoms with Gasteiger partial charge in [0.25, 0.3) is 0 Å². The van der Waals surface area contributed by atoms with E-state index in [1.54, 1.807) is 0 Å². The molecule has 8 saturated carbocycles. The van der Waals surface area contributed by atoms with Crippen LogP contribution in [0.2, 0.25) is 0 Å². The van der Waals surface area contributed by atoms with Crippen LogP contribution in [0.5, 0.6) is 11.5 Å². The van der Waals surface area contributed by atoms with Crippen molar-refractivity contribution in [3.8, 4) is 11.5 Å². The van der Waals surface area contributed by atoms with Gasteiger partial charge in [-0.25, -0.2) is 9.59 Å². The number of esters is 2. The number of ether oxygens (including phenoxy) is 8. The van der Waals surface area contributed by atoms with Crippen LogP contribution >= 0.6 is 0 Å². The van der Waals surface area contributed by atoms with Crippen LogP contribution in [-0.2, 0) is 38.0 Å². The quantitative estimate of drug-likeness (QED) is 0.0816. The van der Waals surface area contributed by atoms with Gasteiger partial charge in [0.1, 0.15) is 11.5 Å². The highest BCUT2D eigenvalue weighted by atomic mass is 16.5. The van der Waals surface area contributed by atoms with E-state index in [1.807, 2.05) is 42.7 Å². The summed E-state index contributed by atoms with van der Waals surface area (Å²) in [6.07, 6.45) is 3.25. The maximum absolute atomic E-state index is 13.5. The van der Waals surface area contributed by atoms with Crippen LogP contribution in [0.4, 0.5) is 0 Å². The van der Waals surface area contributed by atoms with E-state index in [0.717, 1.165) is 41.5 Å². The number of carbonyl (C=O) groups excluding carboxylic acids is 2. The summed E-state index contributed by atoms with van der Waals surface area (Å²) < 4.78 is 49.9. The fourth-order valence-electron chi connectivity index (χ4n) is 20.9. The second-order valence-electron chi connectivity index (χ2n) is 21.0. The topological polar surface area (TPSA) is 108 Å². The molecule has 18 atom stereocenters. The third-order valence-electron chi connectivity index (χ3n) is 20.9. The number of hydrogen-bond acceptors (Lipinski definition) is 10. The third-order valence-corrected chi connectivity index (χ3v) is 20.9. The molecular weight excluding hydrogens is 773 g/mol. The molecule has 10 nitrogen and oxygen atoms in total. The van der Waals surface area contributed by atoms with E-state index in [9.17, 15) is 9.59 Å². The first-order valence-corrected chi connectivity index (χ1v) is 22.7. The first-order valence-electron chi connectivity index (χ1n) is 22.7. The predicted molar refractivity (Wildman–Crippen MR) is 224 cm³/mol. The Labute approximate surface area is 357 Å². The van der Waals surface area contributed by atoms with E-state index in [4.69, 9.17) is 37.9 Å². The Bertz CT molecular complexity index is 2350. The number of carbonyl (C=O) groups is 2. The van der Waals surface area contributed by atoms with Gasteiger partial charge < -0.3 is 37.9 Å². The minimum atomic E-state index is -0.381. The van der Waals surface area contributed by atoms with E-state index in [1.165, 1.54) is 36.1 Å². The summed E-state index contributed by atoms with van der Waals surface area (Å²) in [5, 5.41) is 4.65. The van der Waals surface area contributed by atoms with Gasteiger partial charge in [-0.15, -0.1) is 0 Å². The zero-order chi connectivity index (χ0) is 41.9. The van der Waals surface area contributed by atoms with E-state index >= 15 is 0 Å². The summed E-state index contributed by atoms with van der Waals surface area (Å²) in [6, 6.07) is 13.2. The monoisotopic (exact) mass is 830 g/mol. The van der Waals surface area contributed by atoms with Gasteiger partial charge in [0.2, 0.25) is 0 Å². The molecule has 0 heterocycles. The number of rotatable bonds is 12. The number of methoxy groups -OCH3 is 8. The van der Waals surface area contributed by atoms with E-state index in [0.29, 0.717) is 96.8 Å². The van der Waals surface area contributed by atoms with Crippen LogP contribution in [0.3, 0.4) is 0 Å². The lowest BCUT2D eigenvalue weighted by molar-refractivity contribution is -0.454. The molecule has 322 valence electrons. The fraction of sp³-hybridized carbons (Fsp3) is 0.647. The van der Waals surface area contributed by atoms with Gasteiger partial charge in [-0.1, -0.05) is 24.3 Å². The maximum Gasteiger partial charge on any atom is 0.334 e. The summed E-state index contributed by atoms with van der Waals surface area (Å²) in [5.74, 6) is 5.87. The summed E-state index contributed by atoms with van der Waals surface area (Å²) in [7, 11) is 14.2. The second-order valence-corrected chi connectivity index (χ2v) is 21.0. The molecule has 61 heavy (non-hydrogen) atoms. The highest BCUT2D eigenvalue weighted by Gasteiger charge is 3.00. The smallest absolute Gasteiger partial charge is 0.334 e. The summed E-state index contributed by atoms with van der Waals surface area (Å²) in [4.78, 5) is 26.9. The molecule has 6 bridgehead atoms. The van der Waals surface area contributed by atoms with Crippen molar-refractivity contribution in [2.75, 3.05) is 83.3 Å². The minimum absolute atomic E-state index is 0.0183. The maximum atomic E-state index is 13.5. The Morgan fingerprint density at radius 1 is 0.525 bits per heavy atom. The Morgan fingerprint density at radius 3 is 1.31 bits per heavy atom. The molecule has 0 aromatic heterocycles. The molecule has 0 amide bonds. The van der Waals surface area contributed by atoms with Crippen molar-refractivity contribution in [1.29, 1.82) is 0 Å². The lowest BCUT2D eigenvalue weighted by Gasteiger charge is -2.90. The lowest BCUT2D eigenvalue weighted by atomic mass is 9.14. The molecule has 10 aliphatic carbocycles. The zero-order valence-corrected chi connectivity index (χ0v) is 36.6. The molecule has 0 spiro atoms. The molecule has 3 aromatic rings. The van der Waals surface area contributed by atoms with Crippen LogP contribution in [-0.4, -0.2) is 95.2 Å². The number of benzene rings is 3. The van der Waals surface area contributed by atoms with Gasteiger partial charge in [-0.05, 0) is 113 Å². The van der Waals surface area contributed by atoms with Crippen molar-refractivity contribution in [3.63, 3.8) is 0 Å². The van der Waals surface area contributed by atoms with Crippen molar-refractivity contribution >= 4 is 33.5 Å². The highest BCUT2D eigenvalue weighted by Crippen LogP contribution is 3.01. The Balaban J connectivity index is 0.989. The van der Waals surface area contributed by atoms with E-state index in [-0.39, 0.29) is 57.3 Å². The van der Waals surface area contributed by atoms with Gasteiger partial charge >= 0.3 is 11.9 Å². The SMILES string of the molecule is COCC12C3C([C@H]4CC3[C@@]3(COC)C5C6C[C@@H](c7c6c(OC)c6cc8ccccc8cc6c7OC)C5[C@@]43COC)[C@@]1(COC)C1C2[C@H]2C[C@@H]1C1C(C(=O)OC)=C(C(=O)OC)C12. The Hall–Kier alpha value is -3.70. The average molecular weight is 831 g/mol. The van der Waals surface area contributed by atoms with E-state index in [2.05, 4.69) is 36.4 Å². The predicted octanol–water partition coefficient (Wildman–Crippen LogP) is 7.05. The second kappa shape index (κ2) is 12.1. The molecule has 11 unspecified atom stereocenters. The molecule has 8 fully saturated rings. The fourth-order valence-corrected chi connectivity index (χ4v) is 20.9. The zero-order valence-electron chi connectivity index (χ0n) is 36.6. The first kappa shape index (κ1) is 37.8. The van der Waals surface area contributed by atoms with Crippen molar-refractivity contribution in [2.24, 2.45) is 92.7 Å². The molecule has 0 radical (unpaired) electrons. The number of hydrogen-bond donors (Lipinski definition) is 0. The van der Waals surface area contributed by atoms with Gasteiger partial charge in [-0.3, -0.25) is 0 Å². The van der Waals surface area contributed by atoms with Gasteiger partial charge in [-0.2, -0.15) is 0 Å². The minimum Gasteiger partial charge on any atom is -0.496 e. The van der Waals surface area contributed by atoms with E-state index < -0.39 is 0 Å². The Morgan fingerprint density at radius 2 is 0.934 bits per heavy atom. The van der Waals surface area contributed by atoms with Crippen LogP contribution in [0, 0.1) is 92.7 Å². The molecule has 0 saturated heterocycles. The van der Waals surface area contributed by atoms with Crippen LogP contribution in [0.25, 0.3) is 21.5 Å². The van der Waals surface area contributed by atoms with Crippen molar-refractivity contribution < 1.29 is 47.5 Å². The Kier molecular flexibility index (Phi) is 7.50. The largest absolute Gasteiger partial charge is 0.496 e. The molecule has 3 aromatic carbocycles. The number of fused-ring (bicyclic) bond motifs is 33. The van der Waals surface area contributed by atoms with Gasteiger partial charge in [0.15, 0.2) is 0 Å². The van der Waals surface area contributed by atoms with Gasteiger partial charge in [0, 0.05) is 83.8 Å². The summed E-state index contributed by atoms with van der Waals surface area (Å²) in [6.45, 7) is 2.78. The average Bonchev–Trinajstić information content (AvgIpc) is 4.08. The normalized spacial score (nSPS) is 46.0. The standard InChI is InChI=1S/C51H58O10/c1-54-18-48-30-17-31(43-42(30)50(20-56-3)40-26-15-27(41(40)51(43,50)21-57-4)33-32(26)36(46(52)60-7)37(33)47(53)61-8)49(48,19-55-2)39-29-16-28(38(39)48)34-35(29)45(59-6)25-14-23-12-10-9-11-22(23)13-24(25)44(34)58-5/h9-14,26-33,38-43H,15-21H2,1-8H3/t26-,27+,28+,29?,30-,31?,32?,33?,38?,39?,40?,41?,42?,43?,48-,49+,50-,51?/m1/s1. The highest BCUT2D eigenvalue weighted by molar-refractivity contribution is 6.06. The van der Waals surface area contributed by atoms with Crippen LogP contribution in [0.1, 0.15) is 42.2 Å². The van der Waals surface area contributed by atoms with Crippen molar-refractivity contribution in [2.45, 2.75) is 31.1 Å². The molecule has 13 rings (SSSR count). The molecule has 0 N–H and O–H groups in total. The molecule has 10 heteroatoms. The molecule has 0 aliphatic heterocycles. The third kappa shape index (κ3) is 3.52. The van der Waals surface area contributed by atoms with Crippen molar-refractivity contribution in [3.05, 3.63) is 58.7 Å². The van der Waals surface area contributed by atoms with Crippen LogP contribution < -0.4 is 9.47 Å². The molecule has 10 aliphatic rings. The van der Waals surface area contributed by atoms with Gasteiger partial charge in [0.05, 0.1) is 66.0 Å². The molecular formula is C51H58O10.